The predicted octanol–water partition coefficient (Wildman–Crippen LogP) is 4.08. The minimum Gasteiger partial charge on any atom is -0.449 e. The van der Waals surface area contributed by atoms with Gasteiger partial charge in [0, 0.05) is 18.6 Å². The average molecular weight is 351 g/mol. The topological polar surface area (TPSA) is 58.6 Å². The van der Waals surface area contributed by atoms with Gasteiger partial charge in [-0.1, -0.05) is 55.0 Å². The molecule has 4 nitrogen and oxygen atoms in total. The summed E-state index contributed by atoms with van der Waals surface area (Å²) >= 11 is 0. The molecule has 136 valence electrons. The van der Waals surface area contributed by atoms with Gasteiger partial charge in [0.1, 0.15) is 6.61 Å². The molecule has 0 unspecified atom stereocenters. The maximum atomic E-state index is 12.3. The third-order valence-corrected chi connectivity index (χ3v) is 5.71. The fourth-order valence-electron chi connectivity index (χ4n) is 4.39. The zero-order chi connectivity index (χ0) is 17.9. The molecular formula is C22H25NO3. The average Bonchev–Trinajstić information content (AvgIpc) is 3.00. The minimum atomic E-state index is -0.351. The number of benzene rings is 2. The van der Waals surface area contributed by atoms with Gasteiger partial charge in [-0.05, 0) is 47.4 Å². The van der Waals surface area contributed by atoms with Crippen molar-refractivity contribution in [3.63, 3.8) is 0 Å². The molecule has 4 rings (SSSR count). The molecule has 1 amide bonds. The number of hydrogen-bond donors (Lipinski definition) is 2. The second kappa shape index (κ2) is 7.50. The highest BCUT2D eigenvalue weighted by atomic mass is 16.5. The molecule has 4 heteroatoms. The number of amides is 1. The Bertz CT molecular complexity index is 743. The van der Waals surface area contributed by atoms with Crippen LogP contribution in [0, 0.1) is 5.92 Å². The molecule has 2 aliphatic rings. The largest absolute Gasteiger partial charge is 0.449 e. The van der Waals surface area contributed by atoms with Crippen molar-refractivity contribution >= 4 is 6.09 Å². The lowest BCUT2D eigenvalue weighted by Crippen LogP contribution is -2.39. The van der Waals surface area contributed by atoms with Gasteiger partial charge in [-0.2, -0.15) is 0 Å². The SMILES string of the molecule is O=C(N[C@H]1CCC[C@H](CO)C1)OCC1c2ccccc2-c2ccccc21. The van der Waals surface area contributed by atoms with E-state index in [1.807, 2.05) is 24.3 Å². The van der Waals surface area contributed by atoms with E-state index in [9.17, 15) is 9.90 Å². The molecule has 2 aliphatic carbocycles. The van der Waals surface area contributed by atoms with E-state index in [1.165, 1.54) is 22.3 Å². The molecule has 0 aliphatic heterocycles. The molecule has 0 spiro atoms. The fourth-order valence-corrected chi connectivity index (χ4v) is 4.39. The van der Waals surface area contributed by atoms with E-state index in [0.29, 0.717) is 12.5 Å². The highest BCUT2D eigenvalue weighted by molar-refractivity contribution is 5.79. The van der Waals surface area contributed by atoms with E-state index in [0.717, 1.165) is 25.7 Å². The summed E-state index contributed by atoms with van der Waals surface area (Å²) in [6, 6.07) is 16.8. The summed E-state index contributed by atoms with van der Waals surface area (Å²) in [7, 11) is 0. The third-order valence-electron chi connectivity index (χ3n) is 5.71. The fraction of sp³-hybridized carbons (Fsp3) is 0.409. The van der Waals surface area contributed by atoms with Crippen LogP contribution >= 0.6 is 0 Å². The molecule has 1 fully saturated rings. The van der Waals surface area contributed by atoms with E-state index >= 15 is 0 Å². The molecule has 0 radical (unpaired) electrons. The smallest absolute Gasteiger partial charge is 0.407 e. The van der Waals surface area contributed by atoms with Crippen molar-refractivity contribution in [1.29, 1.82) is 0 Å². The van der Waals surface area contributed by atoms with Crippen LogP contribution in [0.2, 0.25) is 0 Å². The number of carbonyl (C=O) groups is 1. The zero-order valence-electron chi connectivity index (χ0n) is 14.9. The second-order valence-electron chi connectivity index (χ2n) is 7.38. The predicted molar refractivity (Wildman–Crippen MR) is 101 cm³/mol. The van der Waals surface area contributed by atoms with Crippen LogP contribution in [-0.2, 0) is 4.74 Å². The molecule has 0 heterocycles. The van der Waals surface area contributed by atoms with Crippen LogP contribution in [-0.4, -0.2) is 30.5 Å². The Kier molecular flexibility index (Phi) is 4.93. The molecule has 2 aromatic rings. The van der Waals surface area contributed by atoms with Crippen molar-refractivity contribution in [2.24, 2.45) is 5.92 Å². The van der Waals surface area contributed by atoms with E-state index < -0.39 is 0 Å². The number of fused-ring (bicyclic) bond motifs is 3. The minimum absolute atomic E-state index is 0.0877. The Hall–Kier alpha value is -2.33. The van der Waals surface area contributed by atoms with Crippen LogP contribution in [0.3, 0.4) is 0 Å². The van der Waals surface area contributed by atoms with Crippen LogP contribution in [0.5, 0.6) is 0 Å². The van der Waals surface area contributed by atoms with Crippen molar-refractivity contribution in [3.8, 4) is 11.1 Å². The lowest BCUT2D eigenvalue weighted by Gasteiger charge is -2.28. The van der Waals surface area contributed by atoms with Crippen molar-refractivity contribution in [2.75, 3.05) is 13.2 Å². The quantitative estimate of drug-likeness (QED) is 0.873. The first-order chi connectivity index (χ1) is 12.8. The normalized spacial score (nSPS) is 21.7. The highest BCUT2D eigenvalue weighted by Gasteiger charge is 2.29. The number of nitrogens with one attached hydrogen (secondary N) is 1. The number of rotatable bonds is 4. The molecule has 1 saturated carbocycles. The van der Waals surface area contributed by atoms with Crippen LogP contribution < -0.4 is 5.32 Å². The number of hydrogen-bond acceptors (Lipinski definition) is 3. The number of aliphatic hydroxyl groups is 1. The molecule has 2 atom stereocenters. The highest BCUT2D eigenvalue weighted by Crippen LogP contribution is 2.44. The summed E-state index contributed by atoms with van der Waals surface area (Å²) in [4.78, 5) is 12.3. The second-order valence-corrected chi connectivity index (χ2v) is 7.38. The maximum Gasteiger partial charge on any atom is 0.407 e. The maximum absolute atomic E-state index is 12.3. The first-order valence-electron chi connectivity index (χ1n) is 9.48. The Balaban J connectivity index is 1.41. The van der Waals surface area contributed by atoms with Gasteiger partial charge in [-0.3, -0.25) is 0 Å². The van der Waals surface area contributed by atoms with E-state index in [2.05, 4.69) is 29.6 Å². The molecule has 2 N–H and O–H groups in total. The van der Waals surface area contributed by atoms with Crippen molar-refractivity contribution < 1.29 is 14.6 Å². The number of ether oxygens (including phenoxy) is 1. The van der Waals surface area contributed by atoms with Crippen molar-refractivity contribution in [1.82, 2.24) is 5.32 Å². The summed E-state index contributed by atoms with van der Waals surface area (Å²) in [5.74, 6) is 0.382. The van der Waals surface area contributed by atoms with Gasteiger partial charge in [-0.25, -0.2) is 4.79 Å². The Morgan fingerprint density at radius 3 is 2.35 bits per heavy atom. The zero-order valence-corrected chi connectivity index (χ0v) is 14.9. The lowest BCUT2D eigenvalue weighted by molar-refractivity contribution is 0.127. The molecule has 26 heavy (non-hydrogen) atoms. The van der Waals surface area contributed by atoms with E-state index in [4.69, 9.17) is 4.74 Å². The van der Waals surface area contributed by atoms with Gasteiger partial charge in [0.2, 0.25) is 0 Å². The summed E-state index contributed by atoms with van der Waals surface area (Å²) in [5.41, 5.74) is 4.91. The van der Waals surface area contributed by atoms with Crippen molar-refractivity contribution in [2.45, 2.75) is 37.6 Å². The van der Waals surface area contributed by atoms with Crippen LogP contribution in [0.4, 0.5) is 4.79 Å². The molecule has 0 bridgehead atoms. The van der Waals surface area contributed by atoms with E-state index in [1.54, 1.807) is 0 Å². The van der Waals surface area contributed by atoms with Gasteiger partial charge in [0.05, 0.1) is 0 Å². The van der Waals surface area contributed by atoms with Crippen LogP contribution in [0.15, 0.2) is 48.5 Å². The van der Waals surface area contributed by atoms with Gasteiger partial charge >= 0.3 is 6.09 Å². The monoisotopic (exact) mass is 351 g/mol. The number of alkyl carbamates (subject to hydrolysis) is 1. The first kappa shape index (κ1) is 17.1. The summed E-state index contributed by atoms with van der Waals surface area (Å²) < 4.78 is 5.60. The summed E-state index contributed by atoms with van der Waals surface area (Å²) in [6.45, 7) is 0.541. The summed E-state index contributed by atoms with van der Waals surface area (Å²) in [6.07, 6.45) is 3.52. The number of carbonyl (C=O) groups excluding carboxylic acids is 1. The first-order valence-corrected chi connectivity index (χ1v) is 9.48. The van der Waals surface area contributed by atoms with Gasteiger partial charge in [0.25, 0.3) is 0 Å². The van der Waals surface area contributed by atoms with E-state index in [-0.39, 0.29) is 24.7 Å². The van der Waals surface area contributed by atoms with Gasteiger partial charge in [0.15, 0.2) is 0 Å². The molecule has 2 aromatic carbocycles. The van der Waals surface area contributed by atoms with Crippen LogP contribution in [0.25, 0.3) is 11.1 Å². The van der Waals surface area contributed by atoms with Gasteiger partial charge < -0.3 is 15.2 Å². The Morgan fingerprint density at radius 1 is 1.04 bits per heavy atom. The summed E-state index contributed by atoms with van der Waals surface area (Å²) in [5, 5.41) is 12.3. The van der Waals surface area contributed by atoms with Crippen molar-refractivity contribution in [3.05, 3.63) is 59.7 Å². The van der Waals surface area contributed by atoms with Gasteiger partial charge in [-0.15, -0.1) is 0 Å². The molecular weight excluding hydrogens is 326 g/mol. The molecule has 0 saturated heterocycles. The van der Waals surface area contributed by atoms with Crippen LogP contribution in [0.1, 0.15) is 42.7 Å². The standard InChI is InChI=1S/C22H25NO3/c24-13-15-6-5-7-16(12-15)23-22(25)26-14-21-19-10-3-1-8-17(19)18-9-2-4-11-20(18)21/h1-4,8-11,15-16,21,24H,5-7,12-14H2,(H,23,25)/t15-,16-/m0/s1. The Labute approximate surface area is 154 Å². The Morgan fingerprint density at radius 2 is 1.69 bits per heavy atom. The lowest BCUT2D eigenvalue weighted by atomic mass is 9.86. The number of aliphatic hydroxyl groups excluding tert-OH is 1. The third kappa shape index (κ3) is 3.34. The molecule has 0 aromatic heterocycles.